The number of hydrogen-bond donors (Lipinski definition) is 2. The Bertz CT molecular complexity index is 685. The standard InChI is InChI=1S/C21H29N3O2/c1-4-24(5-2)14-13-22-21(25)23-19-12-11-17(3)15-20(19)26-16-18-9-7-6-8-10-18/h6-12,15H,4-5,13-14,16H2,1-3H3,(H2,22,23,25). The van der Waals surface area contributed by atoms with Crippen molar-refractivity contribution in [2.75, 3.05) is 31.5 Å². The third-order valence-electron chi connectivity index (χ3n) is 4.23. The average Bonchev–Trinajstić information content (AvgIpc) is 2.66. The number of aryl methyl sites for hydroxylation is 1. The first-order valence-electron chi connectivity index (χ1n) is 9.17. The maximum atomic E-state index is 12.2. The highest BCUT2D eigenvalue weighted by Crippen LogP contribution is 2.26. The molecular weight excluding hydrogens is 326 g/mol. The van der Waals surface area contributed by atoms with E-state index in [1.165, 1.54) is 0 Å². The van der Waals surface area contributed by atoms with E-state index in [1.807, 2.05) is 55.5 Å². The second-order valence-electron chi connectivity index (χ2n) is 6.18. The van der Waals surface area contributed by atoms with Crippen molar-refractivity contribution in [2.24, 2.45) is 0 Å². The highest BCUT2D eigenvalue weighted by Gasteiger charge is 2.09. The molecule has 2 rings (SSSR count). The lowest BCUT2D eigenvalue weighted by Gasteiger charge is -2.18. The van der Waals surface area contributed by atoms with Gasteiger partial charge in [0.2, 0.25) is 0 Å². The second-order valence-corrected chi connectivity index (χ2v) is 6.18. The van der Waals surface area contributed by atoms with Gasteiger partial charge in [-0.2, -0.15) is 0 Å². The highest BCUT2D eigenvalue weighted by molar-refractivity contribution is 5.90. The number of nitrogens with one attached hydrogen (secondary N) is 2. The number of anilines is 1. The fraction of sp³-hybridized carbons (Fsp3) is 0.381. The van der Waals surface area contributed by atoms with Gasteiger partial charge in [-0.3, -0.25) is 0 Å². The molecule has 5 heteroatoms. The minimum atomic E-state index is -0.217. The Morgan fingerprint density at radius 3 is 2.50 bits per heavy atom. The van der Waals surface area contributed by atoms with Crippen LogP contribution in [0.25, 0.3) is 0 Å². The number of hydrogen-bond acceptors (Lipinski definition) is 3. The summed E-state index contributed by atoms with van der Waals surface area (Å²) in [6.07, 6.45) is 0. The van der Waals surface area contributed by atoms with E-state index in [2.05, 4.69) is 29.4 Å². The molecule has 0 spiro atoms. The van der Waals surface area contributed by atoms with Crippen molar-refractivity contribution in [3.8, 4) is 5.75 Å². The molecule has 0 unspecified atom stereocenters. The molecule has 2 aromatic carbocycles. The molecule has 2 aromatic rings. The first-order valence-corrected chi connectivity index (χ1v) is 9.17. The minimum absolute atomic E-state index is 0.217. The van der Waals surface area contributed by atoms with Crippen molar-refractivity contribution in [3.63, 3.8) is 0 Å². The van der Waals surface area contributed by atoms with Crippen LogP contribution in [0.5, 0.6) is 5.75 Å². The molecular formula is C21H29N3O2. The van der Waals surface area contributed by atoms with Gasteiger partial charge in [0.15, 0.2) is 0 Å². The summed E-state index contributed by atoms with van der Waals surface area (Å²) < 4.78 is 5.93. The van der Waals surface area contributed by atoms with Gasteiger partial charge < -0.3 is 20.3 Å². The predicted molar refractivity (Wildman–Crippen MR) is 107 cm³/mol. The molecule has 0 aromatic heterocycles. The molecule has 0 saturated carbocycles. The zero-order valence-corrected chi connectivity index (χ0v) is 15.9. The Hall–Kier alpha value is -2.53. The van der Waals surface area contributed by atoms with Crippen molar-refractivity contribution in [1.29, 1.82) is 0 Å². The normalized spacial score (nSPS) is 10.6. The maximum absolute atomic E-state index is 12.2. The third-order valence-corrected chi connectivity index (χ3v) is 4.23. The van der Waals surface area contributed by atoms with Crippen LogP contribution in [0.3, 0.4) is 0 Å². The number of amides is 2. The van der Waals surface area contributed by atoms with Crippen LogP contribution in [0.1, 0.15) is 25.0 Å². The molecule has 0 bridgehead atoms. The molecule has 0 fully saturated rings. The van der Waals surface area contributed by atoms with Crippen LogP contribution in [0, 0.1) is 6.92 Å². The first-order chi connectivity index (χ1) is 12.6. The number of rotatable bonds is 9. The summed E-state index contributed by atoms with van der Waals surface area (Å²) in [6.45, 7) is 10.1. The second kappa shape index (κ2) is 10.5. The van der Waals surface area contributed by atoms with E-state index < -0.39 is 0 Å². The fourth-order valence-electron chi connectivity index (χ4n) is 2.62. The number of nitrogens with zero attached hydrogens (tertiary/aromatic N) is 1. The van der Waals surface area contributed by atoms with Gasteiger partial charge in [-0.05, 0) is 43.3 Å². The van der Waals surface area contributed by atoms with E-state index in [0.29, 0.717) is 24.6 Å². The Balaban J connectivity index is 1.92. The molecule has 0 aliphatic carbocycles. The van der Waals surface area contributed by atoms with Gasteiger partial charge in [0.1, 0.15) is 12.4 Å². The summed E-state index contributed by atoms with van der Waals surface area (Å²) in [5.41, 5.74) is 2.84. The largest absolute Gasteiger partial charge is 0.487 e. The summed E-state index contributed by atoms with van der Waals surface area (Å²) in [6, 6.07) is 15.5. The van der Waals surface area contributed by atoms with E-state index in [-0.39, 0.29) is 6.03 Å². The van der Waals surface area contributed by atoms with Crippen LogP contribution in [0.2, 0.25) is 0 Å². The summed E-state index contributed by atoms with van der Waals surface area (Å²) >= 11 is 0. The van der Waals surface area contributed by atoms with E-state index in [1.54, 1.807) is 0 Å². The Kier molecular flexibility index (Phi) is 7.96. The quantitative estimate of drug-likeness (QED) is 0.714. The van der Waals surface area contributed by atoms with Gasteiger partial charge in [0, 0.05) is 13.1 Å². The first kappa shape index (κ1) is 19.8. The molecule has 140 valence electrons. The average molecular weight is 355 g/mol. The summed E-state index contributed by atoms with van der Waals surface area (Å²) in [5, 5.41) is 5.79. The van der Waals surface area contributed by atoms with Crippen molar-refractivity contribution in [1.82, 2.24) is 10.2 Å². The van der Waals surface area contributed by atoms with Crippen molar-refractivity contribution >= 4 is 11.7 Å². The molecule has 0 aliphatic rings. The third kappa shape index (κ3) is 6.41. The van der Waals surface area contributed by atoms with E-state index in [0.717, 1.165) is 30.8 Å². The number of benzene rings is 2. The lowest BCUT2D eigenvalue weighted by Crippen LogP contribution is -2.36. The number of ether oxygens (including phenoxy) is 1. The molecule has 2 N–H and O–H groups in total. The van der Waals surface area contributed by atoms with E-state index in [9.17, 15) is 4.79 Å². The topological polar surface area (TPSA) is 53.6 Å². The lowest BCUT2D eigenvalue weighted by atomic mass is 10.2. The highest BCUT2D eigenvalue weighted by atomic mass is 16.5. The van der Waals surface area contributed by atoms with Gasteiger partial charge in [-0.1, -0.05) is 50.2 Å². The Morgan fingerprint density at radius 2 is 1.81 bits per heavy atom. The van der Waals surface area contributed by atoms with Crippen molar-refractivity contribution in [2.45, 2.75) is 27.4 Å². The summed E-state index contributed by atoms with van der Waals surface area (Å²) in [5.74, 6) is 0.674. The lowest BCUT2D eigenvalue weighted by molar-refractivity contribution is 0.247. The number of carbonyl (C=O) groups excluding carboxylic acids is 1. The maximum Gasteiger partial charge on any atom is 0.319 e. The smallest absolute Gasteiger partial charge is 0.319 e. The van der Waals surface area contributed by atoms with Crippen LogP contribution in [-0.2, 0) is 6.61 Å². The molecule has 2 amide bonds. The monoisotopic (exact) mass is 355 g/mol. The van der Waals surface area contributed by atoms with Crippen LogP contribution in [-0.4, -0.2) is 37.1 Å². The van der Waals surface area contributed by atoms with E-state index >= 15 is 0 Å². The molecule has 5 nitrogen and oxygen atoms in total. The number of urea groups is 1. The molecule has 0 aliphatic heterocycles. The van der Waals surface area contributed by atoms with Crippen molar-refractivity contribution < 1.29 is 9.53 Å². The number of carbonyl (C=O) groups is 1. The number of likely N-dealkylation sites (N-methyl/N-ethyl adjacent to an activating group) is 1. The van der Waals surface area contributed by atoms with Crippen LogP contribution < -0.4 is 15.4 Å². The molecule has 0 saturated heterocycles. The zero-order valence-electron chi connectivity index (χ0n) is 15.9. The Labute approximate surface area is 156 Å². The van der Waals surface area contributed by atoms with Gasteiger partial charge in [-0.25, -0.2) is 4.79 Å². The predicted octanol–water partition coefficient (Wildman–Crippen LogP) is 4.04. The van der Waals surface area contributed by atoms with Crippen LogP contribution in [0.4, 0.5) is 10.5 Å². The fourth-order valence-corrected chi connectivity index (χ4v) is 2.62. The Morgan fingerprint density at radius 1 is 1.08 bits per heavy atom. The molecule has 0 heterocycles. The summed E-state index contributed by atoms with van der Waals surface area (Å²) in [7, 11) is 0. The zero-order chi connectivity index (χ0) is 18.8. The van der Waals surface area contributed by atoms with E-state index in [4.69, 9.17) is 4.74 Å². The van der Waals surface area contributed by atoms with Crippen molar-refractivity contribution in [3.05, 3.63) is 59.7 Å². The van der Waals surface area contributed by atoms with Crippen LogP contribution >= 0.6 is 0 Å². The SMILES string of the molecule is CCN(CC)CCNC(=O)Nc1ccc(C)cc1OCc1ccccc1. The molecule has 0 atom stereocenters. The van der Waals surface area contributed by atoms with Crippen LogP contribution in [0.15, 0.2) is 48.5 Å². The summed E-state index contributed by atoms with van der Waals surface area (Å²) in [4.78, 5) is 14.5. The molecule has 0 radical (unpaired) electrons. The minimum Gasteiger partial charge on any atom is -0.487 e. The molecule has 26 heavy (non-hydrogen) atoms. The van der Waals surface area contributed by atoms with Gasteiger partial charge in [0.05, 0.1) is 5.69 Å². The van der Waals surface area contributed by atoms with Gasteiger partial charge in [0.25, 0.3) is 0 Å². The van der Waals surface area contributed by atoms with Gasteiger partial charge in [-0.15, -0.1) is 0 Å². The van der Waals surface area contributed by atoms with Gasteiger partial charge >= 0.3 is 6.03 Å².